The van der Waals surface area contributed by atoms with Crippen molar-refractivity contribution in [1.82, 2.24) is 5.32 Å². The topological polar surface area (TPSA) is 12.0 Å². The summed E-state index contributed by atoms with van der Waals surface area (Å²) in [6, 6.07) is 2.91. The first-order valence-electron chi connectivity index (χ1n) is 9.09. The van der Waals surface area contributed by atoms with Crippen LogP contribution in [0.5, 0.6) is 0 Å². The van der Waals surface area contributed by atoms with Crippen LogP contribution in [0.4, 0.5) is 0 Å². The molecule has 0 atom stereocenters. The van der Waals surface area contributed by atoms with Gasteiger partial charge < -0.3 is 5.32 Å². The average molecular weight is 328 g/mol. The molecule has 3 heteroatoms. The van der Waals surface area contributed by atoms with Crippen LogP contribution in [0.2, 0.25) is 28.7 Å². The molecule has 0 aromatic rings. The van der Waals surface area contributed by atoms with E-state index in [2.05, 4.69) is 66.4 Å². The Morgan fingerprint density at radius 2 is 1.48 bits per heavy atom. The second kappa shape index (κ2) is 10.8. The van der Waals surface area contributed by atoms with Crippen molar-refractivity contribution in [1.29, 1.82) is 0 Å². The third kappa shape index (κ3) is 7.29. The molecule has 1 nitrogen and oxygen atoms in total. The summed E-state index contributed by atoms with van der Waals surface area (Å²) in [6.45, 7) is 21.8. The monoisotopic (exact) mass is 327 g/mol. The summed E-state index contributed by atoms with van der Waals surface area (Å²) in [5, 5.41) is 3.68. The van der Waals surface area contributed by atoms with Crippen LogP contribution in [0, 0.1) is 0 Å². The predicted molar refractivity (Wildman–Crippen MR) is 106 cm³/mol. The summed E-state index contributed by atoms with van der Waals surface area (Å²) in [6.07, 6.45) is 1.38. The first-order valence-corrected chi connectivity index (χ1v) is 13.3. The van der Waals surface area contributed by atoms with Crippen molar-refractivity contribution in [2.75, 3.05) is 13.1 Å². The molecular formula is C18H41NSi2. The van der Waals surface area contributed by atoms with Crippen LogP contribution in [-0.4, -0.2) is 30.7 Å². The minimum absolute atomic E-state index is 0.0477. The minimum atomic E-state index is -1.16. The van der Waals surface area contributed by atoms with Crippen LogP contribution < -0.4 is 5.32 Å². The van der Waals surface area contributed by atoms with Gasteiger partial charge in [-0.2, -0.15) is 0 Å². The van der Waals surface area contributed by atoms with Gasteiger partial charge in [-0.05, 0) is 39.4 Å². The lowest BCUT2D eigenvalue weighted by atomic mass is 10.4. The fourth-order valence-corrected chi connectivity index (χ4v) is 11.9. The molecule has 0 aliphatic carbocycles. The zero-order chi connectivity index (χ0) is 16.5. The van der Waals surface area contributed by atoms with Crippen molar-refractivity contribution in [3.05, 3.63) is 11.3 Å². The first-order chi connectivity index (χ1) is 9.75. The molecule has 0 radical (unpaired) electrons. The summed E-state index contributed by atoms with van der Waals surface area (Å²) in [5.41, 5.74) is 6.70. The number of hydrogen-bond acceptors (Lipinski definition) is 1. The third-order valence-electron chi connectivity index (χ3n) is 5.30. The molecule has 0 fully saturated rings. The number of nitrogens with one attached hydrogen (secondary N) is 1. The van der Waals surface area contributed by atoms with Gasteiger partial charge in [0.15, 0.2) is 0 Å². The van der Waals surface area contributed by atoms with Crippen LogP contribution in [0.15, 0.2) is 11.3 Å². The van der Waals surface area contributed by atoms with E-state index in [1.54, 1.807) is 0 Å². The number of rotatable bonds is 11. The summed E-state index contributed by atoms with van der Waals surface area (Å²) >= 11 is 0. The van der Waals surface area contributed by atoms with Gasteiger partial charge in [-0.15, -0.1) is 5.70 Å². The maximum atomic E-state index is 3.68. The van der Waals surface area contributed by atoms with Gasteiger partial charge >= 0.3 is 0 Å². The summed E-state index contributed by atoms with van der Waals surface area (Å²) in [7, 11) is -1.11. The molecule has 21 heavy (non-hydrogen) atoms. The second-order valence-corrected chi connectivity index (χ2v) is 15.7. The molecule has 0 bridgehead atoms. The Balaban J connectivity index is 4.08. The van der Waals surface area contributed by atoms with E-state index < -0.39 is 8.07 Å². The van der Waals surface area contributed by atoms with Crippen LogP contribution in [0.3, 0.4) is 0 Å². The van der Waals surface area contributed by atoms with Crippen LogP contribution >= 0.6 is 0 Å². The fourth-order valence-electron chi connectivity index (χ4n) is 4.13. The molecule has 0 aromatic heterocycles. The van der Waals surface area contributed by atoms with E-state index in [-0.39, 0.29) is 9.52 Å². The number of allylic oxidation sites excluding steroid dienone is 1. The van der Waals surface area contributed by atoms with E-state index in [4.69, 9.17) is 0 Å². The quantitative estimate of drug-likeness (QED) is 0.408. The smallest absolute Gasteiger partial charge is 0.0613 e. The molecule has 0 rings (SSSR count). The van der Waals surface area contributed by atoms with Gasteiger partial charge in [0.25, 0.3) is 0 Å². The minimum Gasteiger partial charge on any atom is -0.317 e. The van der Waals surface area contributed by atoms with Crippen molar-refractivity contribution >= 4 is 17.6 Å². The summed E-state index contributed by atoms with van der Waals surface area (Å²) in [4.78, 5) is 0. The van der Waals surface area contributed by atoms with Gasteiger partial charge in [-0.3, -0.25) is 0 Å². The van der Waals surface area contributed by atoms with Gasteiger partial charge in [0, 0.05) is 9.52 Å². The molecule has 126 valence electrons. The molecule has 0 aliphatic rings. The highest BCUT2D eigenvalue weighted by Crippen LogP contribution is 2.44. The summed E-state index contributed by atoms with van der Waals surface area (Å²) < 4.78 is 0. The predicted octanol–water partition coefficient (Wildman–Crippen LogP) is 5.16. The van der Waals surface area contributed by atoms with E-state index in [1.807, 2.05) is 0 Å². The SMILES string of the molecule is CC(C)=C[SiH2]CCNCCC[Si](C(C)C)(C(C)C)C(C)C. The third-order valence-corrected chi connectivity index (χ3v) is 14.8. The molecule has 0 saturated heterocycles. The van der Waals surface area contributed by atoms with E-state index >= 15 is 0 Å². The highest BCUT2D eigenvalue weighted by molar-refractivity contribution is 6.83. The van der Waals surface area contributed by atoms with Gasteiger partial charge in [0.05, 0.1) is 8.07 Å². The number of hydrogen-bond donors (Lipinski definition) is 1. The lowest BCUT2D eigenvalue weighted by molar-refractivity contribution is 0.680. The van der Waals surface area contributed by atoms with E-state index in [0.717, 1.165) is 16.6 Å². The molecule has 0 unspecified atom stereocenters. The van der Waals surface area contributed by atoms with Crippen LogP contribution in [0.25, 0.3) is 0 Å². The Labute approximate surface area is 138 Å². The van der Waals surface area contributed by atoms with Crippen molar-refractivity contribution in [2.45, 2.75) is 90.5 Å². The molecule has 0 spiro atoms. The Bertz CT molecular complexity index is 270. The standard InChI is InChI=1S/C18H41NSi2/c1-15(2)14-20-12-11-19-10-9-13-21(16(3)4,17(5)6)18(7)8/h14,16-19H,9-13,20H2,1-8H3. The molecule has 1 N–H and O–H groups in total. The van der Waals surface area contributed by atoms with E-state index in [9.17, 15) is 0 Å². The van der Waals surface area contributed by atoms with Crippen molar-refractivity contribution in [3.63, 3.8) is 0 Å². The average Bonchev–Trinajstić information content (AvgIpc) is 2.35. The largest absolute Gasteiger partial charge is 0.317 e. The normalized spacial score (nSPS) is 13.1. The summed E-state index contributed by atoms with van der Waals surface area (Å²) in [5.74, 6) is 0. The Morgan fingerprint density at radius 3 is 1.90 bits per heavy atom. The van der Waals surface area contributed by atoms with Gasteiger partial charge in [0.2, 0.25) is 0 Å². The molecule has 0 saturated carbocycles. The van der Waals surface area contributed by atoms with E-state index in [0.29, 0.717) is 0 Å². The maximum Gasteiger partial charge on any atom is 0.0613 e. The highest BCUT2D eigenvalue weighted by Gasteiger charge is 2.41. The van der Waals surface area contributed by atoms with Crippen LogP contribution in [-0.2, 0) is 0 Å². The zero-order valence-electron chi connectivity index (χ0n) is 16.1. The van der Waals surface area contributed by atoms with E-state index in [1.165, 1.54) is 37.2 Å². The highest BCUT2D eigenvalue weighted by atomic mass is 28.3. The Morgan fingerprint density at radius 1 is 0.952 bits per heavy atom. The fraction of sp³-hybridized carbons (Fsp3) is 0.889. The van der Waals surface area contributed by atoms with Gasteiger partial charge in [-0.25, -0.2) is 0 Å². The van der Waals surface area contributed by atoms with Crippen LogP contribution in [0.1, 0.15) is 61.8 Å². The first kappa shape index (κ1) is 21.1. The van der Waals surface area contributed by atoms with Crippen molar-refractivity contribution in [2.24, 2.45) is 0 Å². The Hall–Kier alpha value is 0.134. The molecule has 0 aromatic carbocycles. The molecular weight excluding hydrogens is 286 g/mol. The second-order valence-electron chi connectivity index (χ2n) is 7.85. The Kier molecular flexibility index (Phi) is 10.9. The molecule has 0 amide bonds. The van der Waals surface area contributed by atoms with Gasteiger partial charge in [-0.1, -0.05) is 69.8 Å². The molecule has 0 aliphatic heterocycles. The molecule has 0 heterocycles. The lowest BCUT2D eigenvalue weighted by Gasteiger charge is -2.43. The maximum absolute atomic E-state index is 3.68. The zero-order valence-corrected chi connectivity index (χ0v) is 18.5. The van der Waals surface area contributed by atoms with Crippen molar-refractivity contribution < 1.29 is 0 Å². The lowest BCUT2D eigenvalue weighted by Crippen LogP contribution is -2.44. The van der Waals surface area contributed by atoms with Crippen molar-refractivity contribution in [3.8, 4) is 0 Å². The van der Waals surface area contributed by atoms with Gasteiger partial charge in [0.1, 0.15) is 0 Å².